The summed E-state index contributed by atoms with van der Waals surface area (Å²) >= 11 is 0. The van der Waals surface area contributed by atoms with Crippen LogP contribution in [0.1, 0.15) is 21.5 Å². The molecule has 6 heteroatoms. The molecular formula is C9H4F3NO2. The summed E-state index contributed by atoms with van der Waals surface area (Å²) in [6.45, 7) is 0. The van der Waals surface area contributed by atoms with Crippen LogP contribution in [-0.4, -0.2) is 11.1 Å². The van der Waals surface area contributed by atoms with Crippen molar-refractivity contribution in [2.24, 2.45) is 0 Å². The van der Waals surface area contributed by atoms with Gasteiger partial charge in [0.2, 0.25) is 0 Å². The molecule has 1 N–H and O–H groups in total. The van der Waals surface area contributed by atoms with Gasteiger partial charge >= 0.3 is 12.1 Å². The topological polar surface area (TPSA) is 61.1 Å². The zero-order valence-electron chi connectivity index (χ0n) is 7.17. The van der Waals surface area contributed by atoms with Crippen LogP contribution in [0.2, 0.25) is 0 Å². The number of carbonyl (C=O) groups is 1. The summed E-state index contributed by atoms with van der Waals surface area (Å²) in [4.78, 5) is 10.6. The molecule has 0 bridgehead atoms. The Balaban J connectivity index is 3.55. The average molecular weight is 215 g/mol. The lowest BCUT2D eigenvalue weighted by molar-refractivity contribution is -0.138. The van der Waals surface area contributed by atoms with Crippen LogP contribution in [0.25, 0.3) is 0 Å². The number of benzene rings is 1. The van der Waals surface area contributed by atoms with Crippen LogP contribution in [0.15, 0.2) is 18.2 Å². The van der Waals surface area contributed by atoms with Crippen LogP contribution in [0.5, 0.6) is 0 Å². The Hall–Kier alpha value is -2.03. The maximum absolute atomic E-state index is 12.4. The second kappa shape index (κ2) is 3.61. The molecule has 0 amide bonds. The average Bonchev–Trinajstić information content (AvgIpc) is 2.15. The summed E-state index contributed by atoms with van der Waals surface area (Å²) in [6.07, 6.45) is -4.78. The quantitative estimate of drug-likeness (QED) is 0.781. The highest BCUT2D eigenvalue weighted by atomic mass is 19.4. The van der Waals surface area contributed by atoms with Crippen molar-refractivity contribution in [3.8, 4) is 6.07 Å². The number of halogens is 3. The molecular weight excluding hydrogens is 211 g/mol. The Morgan fingerprint density at radius 1 is 1.40 bits per heavy atom. The molecule has 0 spiro atoms. The van der Waals surface area contributed by atoms with Gasteiger partial charge in [-0.1, -0.05) is 6.07 Å². The molecule has 0 aliphatic carbocycles. The summed E-state index contributed by atoms with van der Waals surface area (Å²) in [7, 11) is 0. The first-order valence-corrected chi connectivity index (χ1v) is 3.71. The maximum Gasteiger partial charge on any atom is 0.417 e. The number of carboxylic acid groups (broad SMARTS) is 1. The van der Waals surface area contributed by atoms with Gasteiger partial charge in [-0.2, -0.15) is 18.4 Å². The van der Waals surface area contributed by atoms with E-state index in [1.165, 1.54) is 6.07 Å². The number of hydrogen-bond acceptors (Lipinski definition) is 2. The number of nitrogens with zero attached hydrogens (tertiary/aromatic N) is 1. The summed E-state index contributed by atoms with van der Waals surface area (Å²) in [5.74, 6) is -1.76. The van der Waals surface area contributed by atoms with Gasteiger partial charge < -0.3 is 5.11 Å². The number of nitriles is 1. The van der Waals surface area contributed by atoms with Crippen molar-refractivity contribution >= 4 is 5.97 Å². The predicted octanol–water partition coefficient (Wildman–Crippen LogP) is 2.28. The Kier molecular flexibility index (Phi) is 2.66. The zero-order valence-corrected chi connectivity index (χ0v) is 7.17. The van der Waals surface area contributed by atoms with Crippen LogP contribution in [0, 0.1) is 11.3 Å². The highest BCUT2D eigenvalue weighted by molar-refractivity contribution is 5.92. The lowest BCUT2D eigenvalue weighted by Crippen LogP contribution is -2.14. The third-order valence-electron chi connectivity index (χ3n) is 1.70. The van der Waals surface area contributed by atoms with E-state index in [1.54, 1.807) is 0 Å². The van der Waals surface area contributed by atoms with Crippen molar-refractivity contribution in [2.75, 3.05) is 0 Å². The molecule has 0 saturated carbocycles. The summed E-state index contributed by atoms with van der Waals surface area (Å²) in [5, 5.41) is 17.1. The van der Waals surface area contributed by atoms with Crippen molar-refractivity contribution in [3.63, 3.8) is 0 Å². The Bertz CT molecular complexity index is 446. The molecule has 78 valence electrons. The molecule has 0 aliphatic rings. The monoisotopic (exact) mass is 215 g/mol. The lowest BCUT2D eigenvalue weighted by atomic mass is 10.0. The van der Waals surface area contributed by atoms with E-state index in [0.29, 0.717) is 6.07 Å². The normalized spacial score (nSPS) is 10.8. The zero-order chi connectivity index (χ0) is 11.6. The molecule has 3 nitrogen and oxygen atoms in total. The summed E-state index contributed by atoms with van der Waals surface area (Å²) in [6, 6.07) is 4.06. The van der Waals surface area contributed by atoms with Crippen LogP contribution in [0.4, 0.5) is 13.2 Å². The van der Waals surface area contributed by atoms with E-state index in [-0.39, 0.29) is 0 Å². The largest absolute Gasteiger partial charge is 0.478 e. The molecule has 1 rings (SSSR count). The Labute approximate surface area is 82.4 Å². The fourth-order valence-electron chi connectivity index (χ4n) is 1.11. The van der Waals surface area contributed by atoms with Gasteiger partial charge in [0.1, 0.15) is 6.07 Å². The molecule has 0 unspecified atom stereocenters. The lowest BCUT2D eigenvalue weighted by Gasteiger charge is -2.10. The summed E-state index contributed by atoms with van der Waals surface area (Å²) < 4.78 is 37.1. The second-order valence-electron chi connectivity index (χ2n) is 2.64. The second-order valence-corrected chi connectivity index (χ2v) is 2.64. The first kappa shape index (κ1) is 11.0. The van der Waals surface area contributed by atoms with Gasteiger partial charge in [-0.15, -0.1) is 0 Å². The van der Waals surface area contributed by atoms with Crippen LogP contribution in [0.3, 0.4) is 0 Å². The van der Waals surface area contributed by atoms with Crippen LogP contribution >= 0.6 is 0 Å². The maximum atomic E-state index is 12.4. The van der Waals surface area contributed by atoms with Crippen molar-refractivity contribution in [2.45, 2.75) is 6.18 Å². The minimum Gasteiger partial charge on any atom is -0.478 e. The van der Waals surface area contributed by atoms with Gasteiger partial charge in [0.25, 0.3) is 0 Å². The molecule has 0 saturated heterocycles. The van der Waals surface area contributed by atoms with Gasteiger partial charge in [-0.3, -0.25) is 0 Å². The number of aromatic carboxylic acids is 1. The molecule has 0 heterocycles. The number of hydrogen-bond donors (Lipinski definition) is 1. The van der Waals surface area contributed by atoms with Gasteiger partial charge in [-0.25, -0.2) is 4.79 Å². The first-order valence-electron chi connectivity index (χ1n) is 3.71. The highest BCUT2D eigenvalue weighted by Gasteiger charge is 2.36. The smallest absolute Gasteiger partial charge is 0.417 e. The van der Waals surface area contributed by atoms with E-state index in [4.69, 9.17) is 10.4 Å². The highest BCUT2D eigenvalue weighted by Crippen LogP contribution is 2.33. The molecule has 15 heavy (non-hydrogen) atoms. The van der Waals surface area contributed by atoms with Crippen molar-refractivity contribution < 1.29 is 23.1 Å². The number of alkyl halides is 3. The minimum atomic E-state index is -4.78. The van der Waals surface area contributed by atoms with Crippen molar-refractivity contribution in [1.82, 2.24) is 0 Å². The van der Waals surface area contributed by atoms with Gasteiger partial charge in [-0.05, 0) is 12.1 Å². The fraction of sp³-hybridized carbons (Fsp3) is 0.111. The fourth-order valence-corrected chi connectivity index (χ4v) is 1.11. The molecule has 0 aliphatic heterocycles. The van der Waals surface area contributed by atoms with Gasteiger partial charge in [0, 0.05) is 0 Å². The van der Waals surface area contributed by atoms with E-state index in [1.807, 2.05) is 0 Å². The van der Waals surface area contributed by atoms with Crippen molar-refractivity contribution in [1.29, 1.82) is 5.26 Å². The van der Waals surface area contributed by atoms with E-state index >= 15 is 0 Å². The predicted molar refractivity (Wildman–Crippen MR) is 43.1 cm³/mol. The molecule has 1 aromatic rings. The summed E-state index contributed by atoms with van der Waals surface area (Å²) in [5.41, 5.74) is -2.82. The van der Waals surface area contributed by atoms with Gasteiger partial charge in [0.15, 0.2) is 0 Å². The van der Waals surface area contributed by atoms with E-state index < -0.39 is 28.8 Å². The molecule has 1 aromatic carbocycles. The molecule has 0 fully saturated rings. The molecule has 0 aromatic heterocycles. The van der Waals surface area contributed by atoms with Crippen LogP contribution < -0.4 is 0 Å². The number of rotatable bonds is 1. The van der Waals surface area contributed by atoms with Crippen LogP contribution in [-0.2, 0) is 6.18 Å². The number of carboxylic acids is 1. The van der Waals surface area contributed by atoms with E-state index in [9.17, 15) is 18.0 Å². The van der Waals surface area contributed by atoms with E-state index in [2.05, 4.69) is 0 Å². The van der Waals surface area contributed by atoms with Gasteiger partial charge in [0.05, 0.1) is 16.7 Å². The molecule has 0 atom stereocenters. The Morgan fingerprint density at radius 3 is 2.40 bits per heavy atom. The standard InChI is InChI=1S/C9H4F3NO2/c10-9(11,12)6-3-1-2-5(4-13)7(6)8(14)15/h1-3H,(H,14,15). The first-order chi connectivity index (χ1) is 6.88. The molecule has 0 radical (unpaired) electrons. The SMILES string of the molecule is N#Cc1cccc(C(F)(F)F)c1C(=O)O. The van der Waals surface area contributed by atoms with Crippen molar-refractivity contribution in [3.05, 3.63) is 34.9 Å². The Morgan fingerprint density at radius 2 is 2.00 bits per heavy atom. The van der Waals surface area contributed by atoms with E-state index in [0.717, 1.165) is 12.1 Å². The minimum absolute atomic E-state index is 0.502. The third kappa shape index (κ3) is 2.07. The third-order valence-corrected chi connectivity index (χ3v) is 1.70.